The molecule has 2 aliphatic heterocycles. The minimum Gasteiger partial charge on any atom is -0.483 e. The summed E-state index contributed by atoms with van der Waals surface area (Å²) in [5.74, 6) is 1.38. The Labute approximate surface area is 188 Å². The van der Waals surface area contributed by atoms with Gasteiger partial charge < -0.3 is 25.3 Å². The van der Waals surface area contributed by atoms with Gasteiger partial charge in [-0.1, -0.05) is 13.8 Å². The monoisotopic (exact) mass is 443 g/mol. The lowest BCUT2D eigenvalue weighted by Gasteiger charge is -2.36. The van der Waals surface area contributed by atoms with Crippen LogP contribution in [0.3, 0.4) is 0 Å². The number of hydrogen-bond acceptors (Lipinski definition) is 4. The van der Waals surface area contributed by atoms with Gasteiger partial charge in [0.05, 0.1) is 17.5 Å². The van der Waals surface area contributed by atoms with Crippen LogP contribution in [0.1, 0.15) is 67.8 Å². The second-order valence-corrected chi connectivity index (χ2v) is 9.09. The summed E-state index contributed by atoms with van der Waals surface area (Å²) in [4.78, 5) is 47.6. The molecule has 2 aromatic rings. The highest BCUT2D eigenvalue weighted by atomic mass is 16.3. The van der Waals surface area contributed by atoms with Crippen LogP contribution < -0.4 is 5.32 Å². The fourth-order valence-electron chi connectivity index (χ4n) is 5.22. The van der Waals surface area contributed by atoms with Crippen LogP contribution in [-0.2, 0) is 16.1 Å². The number of aromatic amines is 2. The van der Waals surface area contributed by atoms with E-state index < -0.39 is 5.41 Å². The molecule has 2 saturated heterocycles. The van der Waals surface area contributed by atoms with Gasteiger partial charge in [0.15, 0.2) is 0 Å². The summed E-state index contributed by atoms with van der Waals surface area (Å²) in [5.41, 5.74) is 1.09. The van der Waals surface area contributed by atoms with E-state index in [1.54, 1.807) is 12.4 Å². The largest absolute Gasteiger partial charge is 0.483 e. The van der Waals surface area contributed by atoms with Crippen molar-refractivity contribution in [1.82, 2.24) is 25.2 Å². The van der Waals surface area contributed by atoms with Crippen molar-refractivity contribution in [1.29, 1.82) is 0 Å². The molecule has 9 heteroatoms. The molecule has 4 heterocycles. The minimum atomic E-state index is -0.514. The number of rotatable bonds is 7. The average Bonchev–Trinajstić information content (AvgIpc) is 3.54. The van der Waals surface area contributed by atoms with Crippen LogP contribution in [0.4, 0.5) is 0 Å². The van der Waals surface area contributed by atoms with Gasteiger partial charge >= 0.3 is 0 Å². The van der Waals surface area contributed by atoms with E-state index in [0.717, 1.165) is 49.2 Å². The highest BCUT2D eigenvalue weighted by molar-refractivity contribution is 5.97. The number of fused-ring (bicyclic) bond motifs is 2. The van der Waals surface area contributed by atoms with Crippen molar-refractivity contribution in [2.45, 2.75) is 71.5 Å². The normalized spacial score (nSPS) is 23.7. The lowest BCUT2D eigenvalue weighted by atomic mass is 9.69. The highest BCUT2D eigenvalue weighted by Crippen LogP contribution is 2.53. The van der Waals surface area contributed by atoms with Crippen molar-refractivity contribution in [2.24, 2.45) is 11.3 Å². The Morgan fingerprint density at radius 2 is 2.09 bits per heavy atom. The summed E-state index contributed by atoms with van der Waals surface area (Å²) < 4.78 is 0. The smallest absolute Gasteiger partial charge is 0.290 e. The van der Waals surface area contributed by atoms with Crippen molar-refractivity contribution in [3.63, 3.8) is 0 Å². The van der Waals surface area contributed by atoms with Gasteiger partial charge in [-0.15, -0.1) is 0 Å². The third-order valence-electron chi connectivity index (χ3n) is 6.75. The van der Waals surface area contributed by atoms with Crippen LogP contribution in [0, 0.1) is 18.3 Å². The lowest BCUT2D eigenvalue weighted by molar-refractivity contribution is -0.133. The van der Waals surface area contributed by atoms with Crippen LogP contribution in [0.15, 0.2) is 24.7 Å². The Hall–Kier alpha value is -3.10. The summed E-state index contributed by atoms with van der Waals surface area (Å²) in [7, 11) is 0. The van der Waals surface area contributed by atoms with E-state index in [2.05, 4.69) is 34.1 Å². The first-order chi connectivity index (χ1) is 15.3. The molecular formula is C23H33N5O4. The van der Waals surface area contributed by atoms with E-state index >= 15 is 0 Å². The van der Waals surface area contributed by atoms with Crippen molar-refractivity contribution in [3.05, 3.63) is 41.7 Å². The lowest BCUT2D eigenvalue weighted by Crippen LogP contribution is -2.50. The Morgan fingerprint density at radius 3 is 2.69 bits per heavy atom. The standard InChI is InChI=1S/C22H31N5O2.CH2O2/c1-14(2)6-8-22(21(29)26-13-19-24-10-11-25-19)12-16-4-5-18(22)27(16)20(28)17-7-9-23-15(17)3;2-1-3/h7,9-11,14,16,18,23H,4-6,8,12-13H2,1-3H3,(H,24,25)(H,26,29);1H,(H,2,3)/t16-,18+,22+;/m1./s1. The second kappa shape index (κ2) is 10.0. The Morgan fingerprint density at radius 1 is 1.34 bits per heavy atom. The molecule has 2 aliphatic rings. The maximum atomic E-state index is 13.5. The Kier molecular flexibility index (Phi) is 7.37. The topological polar surface area (TPSA) is 131 Å². The second-order valence-electron chi connectivity index (χ2n) is 9.09. The molecule has 4 rings (SSSR count). The third-order valence-corrected chi connectivity index (χ3v) is 6.75. The van der Waals surface area contributed by atoms with Gasteiger partial charge in [0.2, 0.25) is 5.91 Å². The summed E-state index contributed by atoms with van der Waals surface area (Å²) in [6.07, 6.45) is 9.67. The van der Waals surface area contributed by atoms with E-state index in [9.17, 15) is 9.59 Å². The Balaban J connectivity index is 0.000000913. The Bertz CT molecular complexity index is 923. The van der Waals surface area contributed by atoms with E-state index in [4.69, 9.17) is 9.90 Å². The molecule has 0 unspecified atom stereocenters. The van der Waals surface area contributed by atoms with Crippen LogP contribution in [0.2, 0.25) is 0 Å². The molecule has 0 aliphatic carbocycles. The zero-order valence-corrected chi connectivity index (χ0v) is 18.9. The quantitative estimate of drug-likeness (QED) is 0.489. The number of amides is 2. The molecule has 2 amide bonds. The zero-order valence-electron chi connectivity index (χ0n) is 18.9. The molecule has 2 aromatic heterocycles. The summed E-state index contributed by atoms with van der Waals surface area (Å²) in [6, 6.07) is 1.95. The molecule has 174 valence electrons. The van der Waals surface area contributed by atoms with E-state index in [1.165, 1.54) is 0 Å². The molecule has 0 saturated carbocycles. The molecule has 0 radical (unpaired) electrons. The average molecular weight is 444 g/mol. The number of carbonyl (C=O) groups is 3. The van der Waals surface area contributed by atoms with E-state index in [-0.39, 0.29) is 30.4 Å². The van der Waals surface area contributed by atoms with Crippen LogP contribution in [0.25, 0.3) is 0 Å². The maximum absolute atomic E-state index is 13.5. The number of carbonyl (C=O) groups excluding carboxylic acids is 2. The van der Waals surface area contributed by atoms with Gasteiger partial charge in [-0.05, 0) is 51.0 Å². The molecule has 9 nitrogen and oxygen atoms in total. The number of nitrogens with zero attached hydrogens (tertiary/aromatic N) is 2. The predicted octanol–water partition coefficient (Wildman–Crippen LogP) is 2.86. The van der Waals surface area contributed by atoms with Gasteiger partial charge in [0.25, 0.3) is 12.4 Å². The number of H-pyrrole nitrogens is 2. The third kappa shape index (κ3) is 4.56. The molecular weight excluding hydrogens is 410 g/mol. The van der Waals surface area contributed by atoms with Crippen LogP contribution in [0.5, 0.6) is 0 Å². The first kappa shape index (κ1) is 23.6. The van der Waals surface area contributed by atoms with Crippen molar-refractivity contribution < 1.29 is 19.5 Å². The minimum absolute atomic E-state index is 0.0374. The summed E-state index contributed by atoms with van der Waals surface area (Å²) in [6.45, 7) is 6.44. The molecule has 0 aromatic carbocycles. The SMILES string of the molecule is Cc1[nH]ccc1C(=O)N1[C@@H]2CC[C@H]1[C@@](CCC(C)C)(C(=O)NCc1ncc[nH]1)C2.O=CO. The van der Waals surface area contributed by atoms with Crippen LogP contribution >= 0.6 is 0 Å². The summed E-state index contributed by atoms with van der Waals surface area (Å²) >= 11 is 0. The maximum Gasteiger partial charge on any atom is 0.290 e. The molecule has 32 heavy (non-hydrogen) atoms. The molecule has 2 bridgehead atoms. The van der Waals surface area contributed by atoms with E-state index in [0.29, 0.717) is 12.5 Å². The number of nitrogens with one attached hydrogen (secondary N) is 3. The number of aryl methyl sites for hydroxylation is 1. The van der Waals surface area contributed by atoms with Gasteiger partial charge in [0.1, 0.15) is 5.82 Å². The van der Waals surface area contributed by atoms with Crippen molar-refractivity contribution in [3.8, 4) is 0 Å². The molecule has 2 fully saturated rings. The number of aromatic nitrogens is 3. The zero-order chi connectivity index (χ0) is 23.3. The fourth-order valence-corrected chi connectivity index (χ4v) is 5.22. The molecule has 0 spiro atoms. The first-order valence-electron chi connectivity index (χ1n) is 11.1. The van der Waals surface area contributed by atoms with Crippen molar-refractivity contribution in [2.75, 3.05) is 0 Å². The first-order valence-corrected chi connectivity index (χ1v) is 11.1. The molecule has 4 N–H and O–H groups in total. The number of carboxylic acid groups (broad SMARTS) is 1. The fraction of sp³-hybridized carbons (Fsp3) is 0.565. The predicted molar refractivity (Wildman–Crippen MR) is 119 cm³/mol. The highest BCUT2D eigenvalue weighted by Gasteiger charge is 2.60. The van der Waals surface area contributed by atoms with Crippen molar-refractivity contribution >= 4 is 18.3 Å². The van der Waals surface area contributed by atoms with E-state index in [1.807, 2.05) is 24.1 Å². The van der Waals surface area contributed by atoms with Crippen LogP contribution in [-0.4, -0.2) is 55.3 Å². The van der Waals surface area contributed by atoms with Gasteiger partial charge in [-0.3, -0.25) is 14.4 Å². The molecule has 3 atom stereocenters. The van der Waals surface area contributed by atoms with Gasteiger partial charge in [0, 0.05) is 36.4 Å². The van der Waals surface area contributed by atoms with Gasteiger partial charge in [-0.2, -0.15) is 0 Å². The number of hydrogen-bond donors (Lipinski definition) is 4. The van der Waals surface area contributed by atoms with Gasteiger partial charge in [-0.25, -0.2) is 4.98 Å². The summed E-state index contributed by atoms with van der Waals surface area (Å²) in [5, 5.41) is 9.99. The number of imidazole rings is 1.